The maximum absolute atomic E-state index is 13.2. The first-order valence-corrected chi connectivity index (χ1v) is 6.16. The van der Waals surface area contributed by atoms with E-state index in [4.69, 9.17) is 4.42 Å². The number of pyridine rings is 1. The molecule has 3 rings (SSSR count). The monoisotopic (exact) mass is 307 g/mol. The van der Waals surface area contributed by atoms with Gasteiger partial charge in [-0.25, -0.2) is 0 Å². The van der Waals surface area contributed by atoms with E-state index in [1.54, 1.807) is 0 Å². The lowest BCUT2D eigenvalue weighted by Gasteiger charge is -2.12. The van der Waals surface area contributed by atoms with Gasteiger partial charge in [0.05, 0.1) is 16.6 Å². The standard InChI is InChI=1S/C15H8F3NO3/c16-15(17,18)14-12(10-3-1-2-6-19-10)13(21)9-5-4-8(20)7-11(9)22-14/h1-7,20H. The molecule has 0 aliphatic heterocycles. The van der Waals surface area contributed by atoms with Gasteiger partial charge in [-0.3, -0.25) is 9.78 Å². The minimum Gasteiger partial charge on any atom is -0.508 e. The second-order valence-corrected chi connectivity index (χ2v) is 4.53. The molecule has 0 saturated heterocycles. The maximum atomic E-state index is 13.2. The Hall–Kier alpha value is -2.83. The van der Waals surface area contributed by atoms with Gasteiger partial charge in [0, 0.05) is 12.3 Å². The van der Waals surface area contributed by atoms with Crippen molar-refractivity contribution in [2.45, 2.75) is 6.18 Å². The highest BCUT2D eigenvalue weighted by molar-refractivity contribution is 5.83. The second kappa shape index (κ2) is 4.87. The lowest BCUT2D eigenvalue weighted by atomic mass is 10.1. The summed E-state index contributed by atoms with van der Waals surface area (Å²) in [5.41, 5.74) is -1.96. The zero-order valence-corrected chi connectivity index (χ0v) is 10.9. The van der Waals surface area contributed by atoms with Gasteiger partial charge < -0.3 is 9.52 Å². The minimum atomic E-state index is -4.87. The molecule has 1 N–H and O–H groups in total. The van der Waals surface area contributed by atoms with E-state index in [-0.39, 0.29) is 22.4 Å². The molecule has 0 saturated carbocycles. The van der Waals surface area contributed by atoms with Gasteiger partial charge in [0.25, 0.3) is 0 Å². The van der Waals surface area contributed by atoms with Gasteiger partial charge in [0.1, 0.15) is 11.3 Å². The molecule has 4 nitrogen and oxygen atoms in total. The van der Waals surface area contributed by atoms with Crippen LogP contribution < -0.4 is 5.43 Å². The summed E-state index contributed by atoms with van der Waals surface area (Å²) in [6.07, 6.45) is -3.58. The summed E-state index contributed by atoms with van der Waals surface area (Å²) in [5, 5.41) is 9.28. The minimum absolute atomic E-state index is 0.0635. The van der Waals surface area contributed by atoms with Gasteiger partial charge in [0.15, 0.2) is 0 Å². The molecule has 112 valence electrons. The third kappa shape index (κ3) is 2.30. The molecule has 0 aliphatic carbocycles. The van der Waals surface area contributed by atoms with Gasteiger partial charge >= 0.3 is 6.18 Å². The fourth-order valence-electron chi connectivity index (χ4n) is 2.12. The van der Waals surface area contributed by atoms with Crippen LogP contribution >= 0.6 is 0 Å². The zero-order valence-electron chi connectivity index (χ0n) is 10.9. The highest BCUT2D eigenvalue weighted by Gasteiger charge is 2.39. The first kappa shape index (κ1) is 14.1. The van der Waals surface area contributed by atoms with Gasteiger partial charge in [-0.2, -0.15) is 13.2 Å². The zero-order chi connectivity index (χ0) is 15.9. The number of fused-ring (bicyclic) bond motifs is 1. The quantitative estimate of drug-likeness (QED) is 0.746. The van der Waals surface area contributed by atoms with Crippen molar-refractivity contribution in [1.82, 2.24) is 4.98 Å². The SMILES string of the molecule is O=c1c(-c2ccccn2)c(C(F)(F)F)oc2cc(O)ccc12. The number of alkyl halides is 3. The molecule has 0 atom stereocenters. The predicted octanol–water partition coefficient (Wildman–Crippen LogP) is 3.58. The van der Waals surface area contributed by atoms with E-state index >= 15 is 0 Å². The summed E-state index contributed by atoms with van der Waals surface area (Å²) in [5.74, 6) is -1.73. The van der Waals surface area contributed by atoms with Crippen molar-refractivity contribution in [3.05, 3.63) is 58.6 Å². The van der Waals surface area contributed by atoms with Gasteiger partial charge in [-0.1, -0.05) is 6.07 Å². The normalized spacial score (nSPS) is 11.8. The van der Waals surface area contributed by atoms with Crippen molar-refractivity contribution in [2.24, 2.45) is 0 Å². The largest absolute Gasteiger partial charge is 0.508 e. The van der Waals surface area contributed by atoms with Crippen molar-refractivity contribution >= 4 is 11.0 Å². The number of halogens is 3. The second-order valence-electron chi connectivity index (χ2n) is 4.53. The molecule has 0 radical (unpaired) electrons. The topological polar surface area (TPSA) is 63.3 Å². The van der Waals surface area contributed by atoms with E-state index in [9.17, 15) is 23.1 Å². The number of hydrogen-bond acceptors (Lipinski definition) is 4. The Kier molecular flexibility index (Phi) is 3.13. The van der Waals surface area contributed by atoms with Gasteiger partial charge in [-0.15, -0.1) is 0 Å². The molecule has 0 bridgehead atoms. The van der Waals surface area contributed by atoms with E-state index < -0.39 is 22.9 Å². The number of benzene rings is 1. The highest BCUT2D eigenvalue weighted by atomic mass is 19.4. The Balaban J connectivity index is 2.46. The Bertz CT molecular complexity index is 902. The summed E-state index contributed by atoms with van der Waals surface area (Å²) < 4.78 is 44.5. The molecule has 2 aromatic heterocycles. The summed E-state index contributed by atoms with van der Waals surface area (Å²) in [6, 6.07) is 7.68. The molecule has 7 heteroatoms. The molecular formula is C15H8F3NO3. The molecule has 0 unspecified atom stereocenters. The lowest BCUT2D eigenvalue weighted by Crippen LogP contribution is -2.16. The smallest absolute Gasteiger partial charge is 0.450 e. The number of phenolic OH excluding ortho intramolecular Hbond substituents is 1. The van der Waals surface area contributed by atoms with Gasteiger partial charge in [-0.05, 0) is 24.3 Å². The predicted molar refractivity (Wildman–Crippen MR) is 72.4 cm³/mol. The number of aromatic nitrogens is 1. The molecule has 3 aromatic rings. The molecular weight excluding hydrogens is 299 g/mol. The molecule has 1 aromatic carbocycles. The number of rotatable bonds is 1. The number of hydrogen-bond donors (Lipinski definition) is 1. The van der Waals surface area contributed by atoms with E-state index in [1.165, 1.54) is 36.5 Å². The fraction of sp³-hybridized carbons (Fsp3) is 0.0667. The fourth-order valence-corrected chi connectivity index (χ4v) is 2.12. The number of phenols is 1. The molecule has 0 fully saturated rings. The van der Waals surface area contributed by atoms with Crippen LogP contribution in [0.4, 0.5) is 13.2 Å². The molecule has 2 heterocycles. The van der Waals surface area contributed by atoms with Crippen LogP contribution in [0.15, 0.2) is 51.8 Å². The van der Waals surface area contributed by atoms with Crippen LogP contribution in [0.3, 0.4) is 0 Å². The van der Waals surface area contributed by atoms with Crippen molar-refractivity contribution in [3.63, 3.8) is 0 Å². The first-order valence-electron chi connectivity index (χ1n) is 6.16. The molecule has 0 spiro atoms. The Morgan fingerprint density at radius 2 is 1.91 bits per heavy atom. The summed E-state index contributed by atoms with van der Waals surface area (Å²) in [6.45, 7) is 0. The Morgan fingerprint density at radius 1 is 1.14 bits per heavy atom. The Labute approximate surface area is 121 Å². The van der Waals surface area contributed by atoms with Crippen LogP contribution in [0.25, 0.3) is 22.2 Å². The van der Waals surface area contributed by atoms with Crippen LogP contribution in [0.1, 0.15) is 5.76 Å². The first-order chi connectivity index (χ1) is 10.4. The average molecular weight is 307 g/mol. The maximum Gasteiger partial charge on any atom is 0.450 e. The molecule has 0 aliphatic rings. The van der Waals surface area contributed by atoms with Crippen molar-refractivity contribution in [2.75, 3.05) is 0 Å². The lowest BCUT2D eigenvalue weighted by molar-refractivity contribution is -0.152. The number of aromatic hydroxyl groups is 1. The molecule has 22 heavy (non-hydrogen) atoms. The van der Waals surface area contributed by atoms with Crippen molar-refractivity contribution in [1.29, 1.82) is 0 Å². The van der Waals surface area contributed by atoms with E-state index in [2.05, 4.69) is 4.98 Å². The number of nitrogens with zero attached hydrogens (tertiary/aromatic N) is 1. The summed E-state index contributed by atoms with van der Waals surface area (Å²) >= 11 is 0. The van der Waals surface area contributed by atoms with Crippen LogP contribution in [0, 0.1) is 0 Å². The third-order valence-corrected chi connectivity index (χ3v) is 3.05. The van der Waals surface area contributed by atoms with Crippen molar-refractivity contribution < 1.29 is 22.7 Å². The highest BCUT2D eigenvalue weighted by Crippen LogP contribution is 2.37. The van der Waals surface area contributed by atoms with Crippen molar-refractivity contribution in [3.8, 4) is 17.0 Å². The average Bonchev–Trinajstić information content (AvgIpc) is 2.46. The Morgan fingerprint density at radius 3 is 2.55 bits per heavy atom. The van der Waals surface area contributed by atoms with E-state index in [1.807, 2.05) is 0 Å². The van der Waals surface area contributed by atoms with E-state index in [0.717, 1.165) is 6.07 Å². The molecule has 0 amide bonds. The van der Waals surface area contributed by atoms with Crippen LogP contribution in [0.2, 0.25) is 0 Å². The third-order valence-electron chi connectivity index (χ3n) is 3.05. The van der Waals surface area contributed by atoms with Crippen LogP contribution in [0.5, 0.6) is 5.75 Å². The van der Waals surface area contributed by atoms with Crippen LogP contribution in [-0.4, -0.2) is 10.1 Å². The summed E-state index contributed by atoms with van der Waals surface area (Å²) in [4.78, 5) is 16.2. The van der Waals surface area contributed by atoms with E-state index in [0.29, 0.717) is 0 Å². The summed E-state index contributed by atoms with van der Waals surface area (Å²) in [7, 11) is 0. The van der Waals surface area contributed by atoms with Gasteiger partial charge in [0.2, 0.25) is 11.2 Å². The van der Waals surface area contributed by atoms with Crippen LogP contribution in [-0.2, 0) is 6.18 Å².